The summed E-state index contributed by atoms with van der Waals surface area (Å²) in [5.74, 6) is -0.545. The lowest BCUT2D eigenvalue weighted by Crippen LogP contribution is -2.51. The van der Waals surface area contributed by atoms with Crippen molar-refractivity contribution in [3.05, 3.63) is 65.7 Å². The topological polar surface area (TPSA) is 58.6 Å². The lowest BCUT2D eigenvalue weighted by atomic mass is 9.93. The zero-order chi connectivity index (χ0) is 17.8. The molecular weight excluding hydrogens is 323 g/mol. The summed E-state index contributed by atoms with van der Waals surface area (Å²) in [6.45, 7) is -1.02. The van der Waals surface area contributed by atoms with Crippen LogP contribution in [0.5, 0.6) is 5.75 Å². The first kappa shape index (κ1) is 17.8. The number of benzene rings is 2. The first-order chi connectivity index (χ1) is 11.3. The summed E-state index contributed by atoms with van der Waals surface area (Å²) >= 11 is 0. The molecule has 2 aromatic rings. The van der Waals surface area contributed by atoms with E-state index in [1.165, 1.54) is 37.4 Å². The van der Waals surface area contributed by atoms with Crippen LogP contribution in [0.4, 0.5) is 13.2 Å². The first-order valence-electron chi connectivity index (χ1n) is 7.05. The number of para-hydroxylation sites is 1. The number of carbonyl (C=O) groups is 1. The molecule has 0 fully saturated rings. The molecule has 0 saturated heterocycles. The largest absolute Gasteiger partial charge is 0.496 e. The second-order valence-electron chi connectivity index (χ2n) is 5.11. The zero-order valence-corrected chi connectivity index (χ0v) is 12.8. The highest BCUT2D eigenvalue weighted by molar-refractivity contribution is 5.96. The molecule has 2 rings (SSSR count). The fourth-order valence-corrected chi connectivity index (χ4v) is 2.22. The summed E-state index contributed by atoms with van der Waals surface area (Å²) in [6, 6.07) is 12.7. The van der Waals surface area contributed by atoms with Crippen LogP contribution in [0.1, 0.15) is 15.9 Å². The lowest BCUT2D eigenvalue weighted by molar-refractivity contribution is -0.263. The lowest BCUT2D eigenvalue weighted by Gasteiger charge is -2.31. The van der Waals surface area contributed by atoms with E-state index < -0.39 is 24.2 Å². The van der Waals surface area contributed by atoms with Gasteiger partial charge in [0.1, 0.15) is 5.75 Å². The van der Waals surface area contributed by atoms with Gasteiger partial charge in [-0.15, -0.1) is 0 Å². The molecule has 0 spiro atoms. The van der Waals surface area contributed by atoms with Gasteiger partial charge < -0.3 is 15.2 Å². The molecule has 0 bridgehead atoms. The number of halogens is 3. The summed E-state index contributed by atoms with van der Waals surface area (Å²) in [6.07, 6.45) is -4.96. The van der Waals surface area contributed by atoms with E-state index >= 15 is 0 Å². The van der Waals surface area contributed by atoms with Crippen molar-refractivity contribution >= 4 is 5.91 Å². The number of nitrogens with one attached hydrogen (secondary N) is 1. The van der Waals surface area contributed by atoms with Crippen molar-refractivity contribution < 1.29 is 27.8 Å². The van der Waals surface area contributed by atoms with E-state index in [0.717, 1.165) is 12.1 Å². The van der Waals surface area contributed by atoms with Gasteiger partial charge >= 0.3 is 6.18 Å². The van der Waals surface area contributed by atoms with Gasteiger partial charge in [-0.2, -0.15) is 13.2 Å². The van der Waals surface area contributed by atoms with Crippen LogP contribution in [0.3, 0.4) is 0 Å². The fourth-order valence-electron chi connectivity index (χ4n) is 2.22. The van der Waals surface area contributed by atoms with Crippen LogP contribution in [0.2, 0.25) is 0 Å². The van der Waals surface area contributed by atoms with Crippen LogP contribution in [0.25, 0.3) is 0 Å². The third-order valence-corrected chi connectivity index (χ3v) is 3.58. The highest BCUT2D eigenvalue weighted by Crippen LogP contribution is 2.38. The van der Waals surface area contributed by atoms with Gasteiger partial charge in [0, 0.05) is 0 Å². The van der Waals surface area contributed by atoms with Crippen molar-refractivity contribution in [2.45, 2.75) is 11.8 Å². The van der Waals surface area contributed by atoms with Crippen LogP contribution in [0, 0.1) is 0 Å². The quantitative estimate of drug-likeness (QED) is 0.881. The Bertz CT molecular complexity index is 704. The van der Waals surface area contributed by atoms with E-state index in [1.807, 2.05) is 0 Å². The Balaban J connectivity index is 2.25. The highest BCUT2D eigenvalue weighted by Gasteiger charge is 2.55. The predicted molar refractivity (Wildman–Crippen MR) is 81.7 cm³/mol. The van der Waals surface area contributed by atoms with Gasteiger partial charge in [-0.3, -0.25) is 4.79 Å². The first-order valence-corrected chi connectivity index (χ1v) is 7.05. The molecule has 0 heterocycles. The normalized spacial score (nSPS) is 13.9. The summed E-state index contributed by atoms with van der Waals surface area (Å²) in [5.41, 5.74) is -3.46. The van der Waals surface area contributed by atoms with Crippen LogP contribution in [-0.4, -0.2) is 30.8 Å². The van der Waals surface area contributed by atoms with Gasteiger partial charge in [0.15, 0.2) is 0 Å². The Morgan fingerprint density at radius 3 is 2.25 bits per heavy atom. The van der Waals surface area contributed by atoms with Gasteiger partial charge in [0.25, 0.3) is 5.91 Å². The highest BCUT2D eigenvalue weighted by atomic mass is 19.4. The van der Waals surface area contributed by atoms with E-state index in [4.69, 9.17) is 4.74 Å². The van der Waals surface area contributed by atoms with Gasteiger partial charge in [0.2, 0.25) is 5.60 Å². The maximum atomic E-state index is 13.4. The third-order valence-electron chi connectivity index (χ3n) is 3.58. The summed E-state index contributed by atoms with van der Waals surface area (Å²) in [4.78, 5) is 12.2. The van der Waals surface area contributed by atoms with Gasteiger partial charge in [-0.05, 0) is 17.7 Å². The molecule has 0 aliphatic rings. The predicted octanol–water partition coefficient (Wildman–Crippen LogP) is 2.88. The van der Waals surface area contributed by atoms with Gasteiger partial charge in [-0.25, -0.2) is 0 Å². The van der Waals surface area contributed by atoms with Crippen LogP contribution in [-0.2, 0) is 5.60 Å². The molecule has 2 aromatic carbocycles. The molecule has 1 atom stereocenters. The minimum Gasteiger partial charge on any atom is -0.496 e. The van der Waals surface area contributed by atoms with Crippen LogP contribution >= 0.6 is 0 Å². The summed E-state index contributed by atoms with van der Waals surface area (Å²) in [7, 11) is 1.35. The molecule has 7 heteroatoms. The van der Waals surface area contributed by atoms with Crippen LogP contribution in [0.15, 0.2) is 54.6 Å². The third kappa shape index (κ3) is 3.51. The number of hydrogen-bond donors (Lipinski definition) is 2. The Morgan fingerprint density at radius 2 is 1.67 bits per heavy atom. The number of hydrogen-bond acceptors (Lipinski definition) is 3. The molecule has 24 heavy (non-hydrogen) atoms. The van der Waals surface area contributed by atoms with Gasteiger partial charge in [0.05, 0.1) is 19.2 Å². The van der Waals surface area contributed by atoms with Gasteiger partial charge in [-0.1, -0.05) is 42.5 Å². The monoisotopic (exact) mass is 339 g/mol. The molecule has 0 aromatic heterocycles. The minimum atomic E-state index is -4.96. The fraction of sp³-hybridized carbons (Fsp3) is 0.235. The molecule has 0 saturated carbocycles. The van der Waals surface area contributed by atoms with Crippen molar-refractivity contribution in [2.75, 3.05) is 13.7 Å². The molecule has 0 aliphatic carbocycles. The number of carbonyl (C=O) groups excluding carboxylic acids is 1. The van der Waals surface area contributed by atoms with E-state index in [0.29, 0.717) is 0 Å². The Kier molecular flexibility index (Phi) is 5.14. The summed E-state index contributed by atoms with van der Waals surface area (Å²) in [5, 5.41) is 12.3. The SMILES string of the molecule is COc1ccccc1C(=O)NC[C@@](O)(c1ccccc1)C(F)(F)F. The Labute approximate surface area is 136 Å². The number of rotatable bonds is 5. The average molecular weight is 339 g/mol. The van der Waals surface area contributed by atoms with E-state index in [2.05, 4.69) is 5.32 Å². The molecule has 0 radical (unpaired) electrons. The van der Waals surface area contributed by atoms with Crippen molar-refractivity contribution in [3.63, 3.8) is 0 Å². The minimum absolute atomic E-state index is 0.0811. The van der Waals surface area contributed by atoms with Crippen molar-refractivity contribution in [2.24, 2.45) is 0 Å². The number of amides is 1. The maximum Gasteiger partial charge on any atom is 0.423 e. The molecule has 4 nitrogen and oxygen atoms in total. The number of methoxy groups -OCH3 is 1. The second-order valence-corrected chi connectivity index (χ2v) is 5.11. The standard InChI is InChI=1S/C17H16F3NO3/c1-24-14-10-6-5-9-13(14)15(22)21-11-16(23,17(18,19)20)12-7-3-2-4-8-12/h2-10,23H,11H2,1H3,(H,21,22)/t16-/m1/s1. The smallest absolute Gasteiger partial charge is 0.423 e. The molecule has 128 valence electrons. The van der Waals surface area contributed by atoms with E-state index in [-0.39, 0.29) is 16.9 Å². The van der Waals surface area contributed by atoms with Crippen LogP contribution < -0.4 is 10.1 Å². The van der Waals surface area contributed by atoms with E-state index in [1.54, 1.807) is 12.1 Å². The number of ether oxygens (including phenoxy) is 1. The molecule has 0 aliphatic heterocycles. The zero-order valence-electron chi connectivity index (χ0n) is 12.8. The Morgan fingerprint density at radius 1 is 1.08 bits per heavy atom. The van der Waals surface area contributed by atoms with Crippen molar-refractivity contribution in [1.82, 2.24) is 5.32 Å². The summed E-state index contributed by atoms with van der Waals surface area (Å²) < 4.78 is 45.1. The Hall–Kier alpha value is -2.54. The van der Waals surface area contributed by atoms with Crippen molar-refractivity contribution in [3.8, 4) is 5.75 Å². The average Bonchev–Trinajstić information content (AvgIpc) is 2.59. The molecule has 2 N–H and O–H groups in total. The molecule has 1 amide bonds. The number of alkyl halides is 3. The second kappa shape index (κ2) is 6.92. The maximum absolute atomic E-state index is 13.4. The van der Waals surface area contributed by atoms with E-state index in [9.17, 15) is 23.1 Å². The van der Waals surface area contributed by atoms with Crippen molar-refractivity contribution in [1.29, 1.82) is 0 Å². The molecule has 0 unspecified atom stereocenters. The number of aliphatic hydroxyl groups is 1. The molecular formula is C17H16F3NO3.